The Morgan fingerprint density at radius 3 is 1.22 bits per heavy atom. The molecule has 2 fully saturated rings. The number of fused-ring (bicyclic) bond motifs is 7. The minimum absolute atomic E-state index is 0.00930. The molecule has 10 unspecified atom stereocenters. The number of amides is 19. The lowest BCUT2D eigenvalue weighted by Crippen LogP contribution is -2.55. The molecule has 2 saturated heterocycles. The molecule has 8 rings (SSSR count). The van der Waals surface area contributed by atoms with Crippen LogP contribution in [0.3, 0.4) is 0 Å². The molecule has 4 aliphatic heterocycles. The van der Waals surface area contributed by atoms with Gasteiger partial charge < -0.3 is 146 Å². The van der Waals surface area contributed by atoms with Gasteiger partial charge in [0, 0.05) is 114 Å². The van der Waals surface area contributed by atoms with Crippen LogP contribution in [0.4, 0.5) is 11.4 Å². The molecule has 0 saturated carbocycles. The maximum atomic E-state index is 14.0. The van der Waals surface area contributed by atoms with Crippen LogP contribution in [0, 0.1) is 0 Å². The van der Waals surface area contributed by atoms with Crippen molar-refractivity contribution in [1.82, 2.24) is 74.0 Å². The van der Waals surface area contributed by atoms with Crippen molar-refractivity contribution >= 4 is 241 Å². The minimum Gasteiger partial charge on any atom is -0.481 e. The number of ketones is 1. The number of anilines is 2. The summed E-state index contributed by atoms with van der Waals surface area (Å²) in [6.07, 6.45) is 3.48. The van der Waals surface area contributed by atoms with Crippen molar-refractivity contribution < 1.29 is 116 Å². The predicted octanol–water partition coefficient (Wildman–Crippen LogP) is -4.45. The molecule has 0 radical (unpaired) electrons. The number of rotatable bonds is 25. The van der Waals surface area contributed by atoms with Crippen molar-refractivity contribution in [3.05, 3.63) is 113 Å². The molecule has 10 atom stereocenters. The molecular formula is C90H124N28O24S6. The fourth-order valence-electron chi connectivity index (χ4n) is 14.0. The molecule has 52 nitrogen and oxygen atoms in total. The molecule has 0 aromatic heterocycles. The van der Waals surface area contributed by atoms with E-state index in [1.54, 1.807) is 60.7 Å². The van der Waals surface area contributed by atoms with Crippen molar-refractivity contribution in [2.24, 2.45) is 66.6 Å². The molecule has 804 valence electrons. The number of benzene rings is 4. The van der Waals surface area contributed by atoms with Gasteiger partial charge >= 0.3 is 11.9 Å². The van der Waals surface area contributed by atoms with E-state index in [9.17, 15) is 116 Å². The number of unbranched alkanes of at least 4 members (excludes halogenated alkanes) is 3. The summed E-state index contributed by atoms with van der Waals surface area (Å²) >= 11 is 0. The number of carbonyl (C=O) groups is 22. The third-order valence-electron chi connectivity index (χ3n) is 21.4. The normalized spacial score (nSPS) is 21.7. The van der Waals surface area contributed by atoms with Gasteiger partial charge in [-0.3, -0.25) is 120 Å². The standard InChI is InChI=1S/C33H46N10O9S2.C30H39N9O8S2.C27H39N9O7S2/c34-28(48)23-18-54-53-14-11-25(44)39-20(9-4-5-12-37-33(35)36)29(49)38-17-26(45)40-21(16-27(46)47)30(50)41-22(15-19-7-2-1-3-8-19)32(52)43-13-6-10-24(43)31(51)42-23;31-26(44)22-15-49-48-10-8-23(40)36-19(7-3-4-9-34-30(32)33)28(46)35-14-24(41)37-21(13-25(42)43)29(47)38-20-12-17(27(45)39-22)11-16-5-1-2-6-18(16)20;1-15(37)11-19-26(43)33-17-6-4-5-16(12-17)24(41)36-20(23(28)40)14-45-44-10-8-21(38)34-18(7-2-3-9-31-27(29)30)25(42)32-13-22(39)35-19/h1-3,7-8,15,20-21,23-24H,4-6,9-14,16-18H2,(H2,34,48)(H,38,49)(H,39,44)(H,40,45)(H,41,50)(H,42,51)(H,46,47)(H4,35,36,37);1-2,5-6,11-12,19,21-22H,3-4,7-10,13-15H2,(H2,31,44)(H,35,46)(H,36,40)(H,37,41)(H,38,47)(H,39,45)(H,42,43)(H4,32,33,34);4-6,12,18-20H,2-3,7-11,13-14H2,1H3,(H2,28,40)(H,32,42)(H,33,43)(H,34,38)(H,35,39)(H,36,41)(H4,29,30,31)/b22-15+;;. The number of aliphatic carboxylic acids is 2. The first-order valence-electron chi connectivity index (χ1n) is 46.3. The van der Waals surface area contributed by atoms with E-state index < -0.39 is 217 Å². The molecule has 0 aliphatic carbocycles. The molecule has 4 heterocycles. The van der Waals surface area contributed by atoms with E-state index in [0.29, 0.717) is 85.9 Å². The van der Waals surface area contributed by atoms with Crippen LogP contribution in [0.25, 0.3) is 16.8 Å². The van der Waals surface area contributed by atoms with Crippen LogP contribution in [-0.2, 0) is 95.9 Å². The molecular weight excluding hydrogens is 2050 g/mol. The summed E-state index contributed by atoms with van der Waals surface area (Å²) in [7, 11) is 7.42. The van der Waals surface area contributed by atoms with E-state index in [-0.39, 0.29) is 139 Å². The first kappa shape index (κ1) is 122. The summed E-state index contributed by atoms with van der Waals surface area (Å²) in [5, 5.41) is 57.8. The smallest absolute Gasteiger partial charge is 0.305 e. The lowest BCUT2D eigenvalue weighted by atomic mass is 10.0. The molecule has 148 heavy (non-hydrogen) atoms. The molecule has 4 aliphatic rings. The van der Waals surface area contributed by atoms with Gasteiger partial charge in [-0.25, -0.2) is 0 Å². The molecule has 4 aromatic rings. The van der Waals surface area contributed by atoms with Gasteiger partial charge in [-0.2, -0.15) is 0 Å². The fraction of sp³-hybridized carbons (Fsp3) is 0.456. The zero-order chi connectivity index (χ0) is 109. The fourth-order valence-corrected chi connectivity index (χ4v) is 20.5. The average Bonchev–Trinajstić information content (AvgIpc) is 1.46. The Morgan fingerprint density at radius 2 is 0.797 bits per heavy atom. The van der Waals surface area contributed by atoms with E-state index in [1.165, 1.54) is 113 Å². The average molecular weight is 2170 g/mol. The number of hydrogen-bond donors (Lipinski definition) is 26. The Morgan fingerprint density at radius 1 is 0.399 bits per heavy atom. The Bertz CT molecular complexity index is 5540. The number of hydrogen-bond acceptors (Lipinski definition) is 31. The quantitative estimate of drug-likeness (QED) is 0.00978. The summed E-state index contributed by atoms with van der Waals surface area (Å²) in [6, 6.07) is 12.0. The predicted molar refractivity (Wildman–Crippen MR) is 560 cm³/mol. The van der Waals surface area contributed by atoms with Crippen LogP contribution >= 0.6 is 64.8 Å². The van der Waals surface area contributed by atoms with Crippen molar-refractivity contribution in [3.8, 4) is 0 Å². The molecule has 58 heteroatoms. The van der Waals surface area contributed by atoms with E-state index in [1.807, 2.05) is 0 Å². The van der Waals surface area contributed by atoms with Gasteiger partial charge in [0.15, 0.2) is 17.9 Å². The third kappa shape index (κ3) is 46.4. The summed E-state index contributed by atoms with van der Waals surface area (Å²) in [6.45, 7) is 0.482. The molecule has 19 amide bonds. The van der Waals surface area contributed by atoms with Crippen molar-refractivity contribution in [2.45, 2.75) is 176 Å². The van der Waals surface area contributed by atoms with Gasteiger partial charge in [0.1, 0.15) is 71.9 Å². The molecule has 4 aromatic carbocycles. The second-order valence-corrected chi connectivity index (χ2v) is 41.1. The lowest BCUT2D eigenvalue weighted by Gasteiger charge is -2.27. The van der Waals surface area contributed by atoms with Gasteiger partial charge in [-0.1, -0.05) is 125 Å². The highest BCUT2D eigenvalue weighted by Crippen LogP contribution is 2.30. The van der Waals surface area contributed by atoms with Gasteiger partial charge in [0.05, 0.1) is 32.5 Å². The Balaban J connectivity index is 0.000000340. The highest BCUT2D eigenvalue weighted by molar-refractivity contribution is 8.77. The SMILES string of the molecule is CC(=O)CC1NC(=O)CNC(=O)C(CCCCN=C(N)N)NC(=O)CCSSCC(C(N)=O)NC(=O)c2cccc(c2)NC1=O.NC(=O)C1CSSCCC(=O)NC(CCCCN=C(N)N)C(=O)NCC(=O)NC(CC(=O)O)C(=O)N/C(=C/c2ccccc2)C(=O)N2CCCC2C(=O)N1.NC(=O)C1CSSCCC(=O)NC(CCCCN=C(N)N)C(=O)NCC(=O)NC(CC(=O)O)C(=O)Nc2cc(cc3ccccc23)C(=O)N1. The van der Waals surface area contributed by atoms with Gasteiger partial charge in [-0.15, -0.1) is 0 Å². The minimum atomic E-state index is -1.70. The molecule has 0 spiro atoms. The summed E-state index contributed by atoms with van der Waals surface area (Å²) < 4.78 is 0. The number of carboxylic acid groups (broad SMARTS) is 2. The van der Waals surface area contributed by atoms with Gasteiger partial charge in [0.25, 0.3) is 17.7 Å². The van der Waals surface area contributed by atoms with Crippen LogP contribution < -0.4 is 131 Å². The number of carboxylic acids is 2. The van der Waals surface area contributed by atoms with E-state index >= 15 is 0 Å². The molecule has 35 N–H and O–H groups in total. The zero-order valence-corrected chi connectivity index (χ0v) is 85.4. The monoisotopic (exact) mass is 2170 g/mol. The summed E-state index contributed by atoms with van der Waals surface area (Å²) in [5.74, 6) is -15.9. The van der Waals surface area contributed by atoms with Gasteiger partial charge in [0.2, 0.25) is 94.5 Å². The van der Waals surface area contributed by atoms with Crippen LogP contribution in [0.5, 0.6) is 0 Å². The van der Waals surface area contributed by atoms with Crippen LogP contribution in [0.1, 0.15) is 142 Å². The van der Waals surface area contributed by atoms with Crippen LogP contribution in [-0.4, -0.2) is 304 Å². The number of carbonyl (C=O) groups excluding carboxylic acids is 20. The van der Waals surface area contributed by atoms with E-state index in [4.69, 9.17) is 51.6 Å². The van der Waals surface area contributed by atoms with E-state index in [0.717, 1.165) is 0 Å². The Kier molecular flexibility index (Phi) is 53.6. The first-order chi connectivity index (χ1) is 70.4. The second-order valence-electron chi connectivity index (χ2n) is 33.2. The third-order valence-corrected chi connectivity index (χ3v) is 28.6. The maximum Gasteiger partial charge on any atom is 0.305 e. The Labute approximate surface area is 872 Å². The van der Waals surface area contributed by atoms with Crippen LogP contribution in [0.15, 0.2) is 112 Å². The first-order valence-corrected chi connectivity index (χ1v) is 53.8. The van der Waals surface area contributed by atoms with Crippen molar-refractivity contribution in [1.29, 1.82) is 0 Å². The van der Waals surface area contributed by atoms with Crippen LogP contribution in [0.2, 0.25) is 0 Å². The Hall–Kier alpha value is -14.7. The summed E-state index contributed by atoms with van der Waals surface area (Å²) in [4.78, 5) is 294. The number of Topliss-reactive ketones (excluding diaryl/α,β-unsaturated/α-hetero) is 1. The summed E-state index contributed by atoms with van der Waals surface area (Å²) in [5.41, 5.74) is 49.4. The number of nitrogens with one attached hydrogen (secondary N) is 15. The maximum absolute atomic E-state index is 14.0. The largest absolute Gasteiger partial charge is 0.481 e. The van der Waals surface area contributed by atoms with Crippen molar-refractivity contribution in [3.63, 3.8) is 0 Å². The topological polar surface area (TPSA) is 871 Å². The second kappa shape index (κ2) is 65.0. The highest BCUT2D eigenvalue weighted by atomic mass is 33.1. The number of aliphatic imine (C=N–C) groups is 3. The number of nitrogens with zero attached hydrogens (tertiary/aromatic N) is 4. The number of primary amides is 3. The van der Waals surface area contributed by atoms with E-state index in [2.05, 4.69) is 94.7 Å². The van der Waals surface area contributed by atoms with Gasteiger partial charge in [-0.05, 0) is 125 Å². The zero-order valence-electron chi connectivity index (χ0n) is 80.5. The number of nitrogens with two attached hydrogens (primary N) is 9. The number of guanidine groups is 3. The molecule has 4 bridgehead atoms. The highest BCUT2D eigenvalue weighted by Gasteiger charge is 2.40. The van der Waals surface area contributed by atoms with Crippen molar-refractivity contribution in [2.75, 3.05) is 91.0 Å². The lowest BCUT2D eigenvalue weighted by molar-refractivity contribution is -0.141.